The maximum absolute atomic E-state index is 12.0. The van der Waals surface area contributed by atoms with Crippen LogP contribution in [0.15, 0.2) is 31.2 Å². The predicted octanol–water partition coefficient (Wildman–Crippen LogP) is 2.38. The average molecular weight is 405 g/mol. The van der Waals surface area contributed by atoms with Gasteiger partial charge in [-0.3, -0.25) is 9.48 Å². The second-order valence-corrected chi connectivity index (χ2v) is 7.12. The second-order valence-electron chi connectivity index (χ2n) is 7.12. The molecule has 3 aromatic heterocycles. The van der Waals surface area contributed by atoms with Gasteiger partial charge in [0, 0.05) is 38.1 Å². The SMILES string of the molecule is C=CC(=O)N1CCCC(Nc2nc(Nc3cnn(CC)c3)nc3[nH]cc(C#N)c23)C1. The van der Waals surface area contributed by atoms with E-state index in [0.717, 1.165) is 25.1 Å². The number of fused-ring (bicyclic) bond motifs is 1. The van der Waals surface area contributed by atoms with E-state index in [1.54, 1.807) is 22.0 Å². The molecule has 10 nitrogen and oxygen atoms in total. The minimum absolute atomic E-state index is 0.0119. The number of hydrogen-bond acceptors (Lipinski definition) is 7. The highest BCUT2D eigenvalue weighted by atomic mass is 16.2. The molecule has 0 spiro atoms. The number of hydrogen-bond donors (Lipinski definition) is 3. The summed E-state index contributed by atoms with van der Waals surface area (Å²) in [5.74, 6) is 0.867. The first-order chi connectivity index (χ1) is 14.6. The Morgan fingerprint density at radius 2 is 2.37 bits per heavy atom. The van der Waals surface area contributed by atoms with Crippen LogP contribution in [0.25, 0.3) is 11.0 Å². The number of piperidine rings is 1. The molecule has 1 amide bonds. The third-order valence-corrected chi connectivity index (χ3v) is 5.11. The van der Waals surface area contributed by atoms with Gasteiger partial charge in [0.15, 0.2) is 0 Å². The molecule has 4 rings (SSSR count). The first-order valence-electron chi connectivity index (χ1n) is 9.87. The van der Waals surface area contributed by atoms with Gasteiger partial charge in [-0.05, 0) is 25.8 Å². The molecule has 154 valence electrons. The van der Waals surface area contributed by atoms with Crippen LogP contribution in [0.1, 0.15) is 25.3 Å². The van der Waals surface area contributed by atoms with E-state index in [-0.39, 0.29) is 11.9 Å². The van der Waals surface area contributed by atoms with Crippen molar-refractivity contribution in [3.05, 3.63) is 36.8 Å². The van der Waals surface area contributed by atoms with E-state index < -0.39 is 0 Å². The lowest BCUT2D eigenvalue weighted by Gasteiger charge is -2.33. The number of aromatic amines is 1. The molecule has 1 unspecified atom stereocenters. The standard InChI is InChI=1S/C20H23N9O/c1-3-16(30)28-7-5-6-14(11-28)24-19-17-13(8-21)9-22-18(17)26-20(27-19)25-15-10-23-29(4-2)12-15/h3,9-10,12,14H,1,4-7,11H2,2H3,(H3,22,24,25,26,27). The smallest absolute Gasteiger partial charge is 0.246 e. The van der Waals surface area contributed by atoms with Crippen molar-refractivity contribution in [3.8, 4) is 6.07 Å². The van der Waals surface area contributed by atoms with Gasteiger partial charge in [0.05, 0.1) is 22.8 Å². The summed E-state index contributed by atoms with van der Waals surface area (Å²) in [5.41, 5.74) is 1.80. The summed E-state index contributed by atoms with van der Waals surface area (Å²) in [6, 6.07) is 2.19. The van der Waals surface area contributed by atoms with Crippen LogP contribution >= 0.6 is 0 Å². The fourth-order valence-corrected chi connectivity index (χ4v) is 3.63. The van der Waals surface area contributed by atoms with Crippen LogP contribution in [-0.2, 0) is 11.3 Å². The molecule has 0 aromatic carbocycles. The molecular weight excluding hydrogens is 382 g/mol. The highest BCUT2D eigenvalue weighted by Crippen LogP contribution is 2.28. The summed E-state index contributed by atoms with van der Waals surface area (Å²) in [7, 11) is 0. The molecule has 3 N–H and O–H groups in total. The molecule has 0 aliphatic carbocycles. The van der Waals surface area contributed by atoms with Crippen LogP contribution in [0.4, 0.5) is 17.5 Å². The van der Waals surface area contributed by atoms with Crippen LogP contribution in [0.3, 0.4) is 0 Å². The van der Waals surface area contributed by atoms with Crippen LogP contribution in [0.5, 0.6) is 0 Å². The summed E-state index contributed by atoms with van der Waals surface area (Å²) >= 11 is 0. The van der Waals surface area contributed by atoms with Crippen molar-refractivity contribution in [2.75, 3.05) is 23.7 Å². The first-order valence-corrected chi connectivity index (χ1v) is 9.87. The lowest BCUT2D eigenvalue weighted by atomic mass is 10.1. The number of carbonyl (C=O) groups excluding carboxylic acids is 1. The Kier molecular flexibility index (Phi) is 5.34. The van der Waals surface area contributed by atoms with Gasteiger partial charge in [-0.15, -0.1) is 0 Å². The number of likely N-dealkylation sites (tertiary alicyclic amines) is 1. The summed E-state index contributed by atoms with van der Waals surface area (Å²) in [6.07, 6.45) is 8.31. The quantitative estimate of drug-likeness (QED) is 0.537. The Hall–Kier alpha value is -3.87. The fraction of sp³-hybridized carbons (Fsp3) is 0.350. The molecule has 4 heterocycles. The summed E-state index contributed by atoms with van der Waals surface area (Å²) in [4.78, 5) is 26.0. The first kappa shape index (κ1) is 19.4. The lowest BCUT2D eigenvalue weighted by molar-refractivity contribution is -0.127. The summed E-state index contributed by atoms with van der Waals surface area (Å²) in [5, 5.41) is 21.0. The van der Waals surface area contributed by atoms with Crippen molar-refractivity contribution >= 4 is 34.4 Å². The van der Waals surface area contributed by atoms with Gasteiger partial charge < -0.3 is 20.5 Å². The van der Waals surface area contributed by atoms with Crippen molar-refractivity contribution < 1.29 is 4.79 Å². The molecule has 0 radical (unpaired) electrons. The molecule has 10 heteroatoms. The number of nitriles is 1. The number of nitrogens with one attached hydrogen (secondary N) is 3. The molecule has 30 heavy (non-hydrogen) atoms. The number of rotatable bonds is 6. The van der Waals surface area contributed by atoms with E-state index in [1.165, 1.54) is 6.08 Å². The molecule has 0 bridgehead atoms. The normalized spacial score (nSPS) is 16.3. The van der Waals surface area contributed by atoms with Crippen molar-refractivity contribution in [1.82, 2.24) is 29.6 Å². The van der Waals surface area contributed by atoms with Gasteiger partial charge in [0.2, 0.25) is 11.9 Å². The molecule has 1 atom stereocenters. The van der Waals surface area contributed by atoms with Gasteiger partial charge in [-0.25, -0.2) is 0 Å². The largest absolute Gasteiger partial charge is 0.365 e. The number of H-pyrrole nitrogens is 1. The maximum Gasteiger partial charge on any atom is 0.246 e. The Morgan fingerprint density at radius 1 is 1.50 bits per heavy atom. The molecule has 1 saturated heterocycles. The topological polar surface area (TPSA) is 128 Å². The van der Waals surface area contributed by atoms with Crippen molar-refractivity contribution in [2.45, 2.75) is 32.4 Å². The Labute approximate surface area is 173 Å². The van der Waals surface area contributed by atoms with Crippen LogP contribution in [-0.4, -0.2) is 54.7 Å². The molecule has 1 aliphatic heterocycles. The van der Waals surface area contributed by atoms with E-state index >= 15 is 0 Å². The molecule has 0 saturated carbocycles. The van der Waals surface area contributed by atoms with E-state index in [4.69, 9.17) is 0 Å². The second kappa shape index (κ2) is 8.24. The Balaban J connectivity index is 1.64. The number of carbonyl (C=O) groups is 1. The highest BCUT2D eigenvalue weighted by Gasteiger charge is 2.24. The summed E-state index contributed by atoms with van der Waals surface area (Å²) in [6.45, 7) is 7.61. The van der Waals surface area contributed by atoms with Crippen molar-refractivity contribution in [3.63, 3.8) is 0 Å². The average Bonchev–Trinajstić information content (AvgIpc) is 3.40. The number of anilines is 3. The minimum Gasteiger partial charge on any atom is -0.365 e. The third kappa shape index (κ3) is 3.82. The predicted molar refractivity (Wildman–Crippen MR) is 113 cm³/mol. The zero-order chi connectivity index (χ0) is 21.1. The molecule has 1 fully saturated rings. The number of aromatic nitrogens is 5. The molecule has 1 aliphatic rings. The zero-order valence-electron chi connectivity index (χ0n) is 16.7. The van der Waals surface area contributed by atoms with Crippen molar-refractivity contribution in [1.29, 1.82) is 5.26 Å². The van der Waals surface area contributed by atoms with E-state index in [1.807, 2.05) is 13.1 Å². The van der Waals surface area contributed by atoms with Gasteiger partial charge >= 0.3 is 0 Å². The van der Waals surface area contributed by atoms with Crippen LogP contribution in [0.2, 0.25) is 0 Å². The fourth-order valence-electron chi connectivity index (χ4n) is 3.63. The Bertz CT molecular complexity index is 1120. The lowest BCUT2D eigenvalue weighted by Crippen LogP contribution is -2.44. The monoisotopic (exact) mass is 405 g/mol. The van der Waals surface area contributed by atoms with Gasteiger partial charge in [-0.2, -0.15) is 20.3 Å². The van der Waals surface area contributed by atoms with Crippen molar-refractivity contribution in [2.24, 2.45) is 0 Å². The third-order valence-electron chi connectivity index (χ3n) is 5.11. The molecular formula is C20H23N9O. The maximum atomic E-state index is 12.0. The van der Waals surface area contributed by atoms with Crippen LogP contribution < -0.4 is 10.6 Å². The number of amides is 1. The van der Waals surface area contributed by atoms with Crippen LogP contribution in [0, 0.1) is 11.3 Å². The highest BCUT2D eigenvalue weighted by molar-refractivity contribution is 5.94. The Morgan fingerprint density at radius 3 is 3.10 bits per heavy atom. The van der Waals surface area contributed by atoms with E-state index in [9.17, 15) is 10.1 Å². The molecule has 3 aromatic rings. The summed E-state index contributed by atoms with van der Waals surface area (Å²) < 4.78 is 1.80. The van der Waals surface area contributed by atoms with E-state index in [2.05, 4.69) is 43.3 Å². The van der Waals surface area contributed by atoms with Gasteiger partial charge in [0.1, 0.15) is 17.5 Å². The van der Waals surface area contributed by atoms with Gasteiger partial charge in [0.25, 0.3) is 0 Å². The zero-order valence-corrected chi connectivity index (χ0v) is 16.7. The van der Waals surface area contributed by atoms with Gasteiger partial charge in [-0.1, -0.05) is 6.58 Å². The number of nitrogens with zero attached hydrogens (tertiary/aromatic N) is 6. The van der Waals surface area contributed by atoms with E-state index in [0.29, 0.717) is 41.5 Å². The minimum atomic E-state index is -0.0796. The number of aryl methyl sites for hydroxylation is 1.